The van der Waals surface area contributed by atoms with Gasteiger partial charge in [0.1, 0.15) is 5.82 Å². The highest BCUT2D eigenvalue weighted by Gasteiger charge is 2.02. The highest BCUT2D eigenvalue weighted by atomic mass is 19.1. The molecule has 84 valence electrons. The van der Waals surface area contributed by atoms with Gasteiger partial charge in [0.25, 0.3) is 0 Å². The van der Waals surface area contributed by atoms with Gasteiger partial charge in [-0.25, -0.2) is 4.39 Å². The van der Waals surface area contributed by atoms with Crippen LogP contribution >= 0.6 is 0 Å². The summed E-state index contributed by atoms with van der Waals surface area (Å²) in [7, 11) is 0. The fourth-order valence-corrected chi connectivity index (χ4v) is 1.68. The van der Waals surface area contributed by atoms with Gasteiger partial charge in [0.05, 0.1) is 6.10 Å². The van der Waals surface area contributed by atoms with Gasteiger partial charge >= 0.3 is 0 Å². The summed E-state index contributed by atoms with van der Waals surface area (Å²) in [5.41, 5.74) is 1.98. The van der Waals surface area contributed by atoms with E-state index in [1.807, 2.05) is 23.0 Å². The zero-order valence-electron chi connectivity index (χ0n) is 9.10. The van der Waals surface area contributed by atoms with Crippen LogP contribution in [0.2, 0.25) is 0 Å². The molecular weight excluding hydrogens is 205 g/mol. The van der Waals surface area contributed by atoms with Crippen LogP contribution in [-0.4, -0.2) is 15.8 Å². The molecule has 0 amide bonds. The molecule has 1 atom stereocenters. The minimum atomic E-state index is -0.343. The molecule has 0 fully saturated rings. The summed E-state index contributed by atoms with van der Waals surface area (Å²) in [5.74, 6) is -0.236. The number of nitrogens with zero attached hydrogens (tertiary/aromatic N) is 1. The van der Waals surface area contributed by atoms with E-state index in [-0.39, 0.29) is 11.9 Å². The second kappa shape index (κ2) is 4.49. The van der Waals surface area contributed by atoms with E-state index in [1.165, 1.54) is 12.1 Å². The second-order valence-electron chi connectivity index (χ2n) is 3.96. The summed E-state index contributed by atoms with van der Waals surface area (Å²) in [5, 5.41) is 9.26. The van der Waals surface area contributed by atoms with E-state index in [9.17, 15) is 9.50 Å². The molecule has 0 saturated heterocycles. The molecule has 0 aliphatic carbocycles. The van der Waals surface area contributed by atoms with E-state index in [2.05, 4.69) is 0 Å². The van der Waals surface area contributed by atoms with Gasteiger partial charge in [0.15, 0.2) is 0 Å². The van der Waals surface area contributed by atoms with Crippen LogP contribution in [-0.2, 0) is 6.42 Å². The normalized spacial score (nSPS) is 12.7. The molecule has 2 nitrogen and oxygen atoms in total. The first-order valence-corrected chi connectivity index (χ1v) is 5.26. The van der Waals surface area contributed by atoms with Crippen molar-refractivity contribution in [2.75, 3.05) is 0 Å². The molecule has 0 saturated carbocycles. The van der Waals surface area contributed by atoms with Crippen molar-refractivity contribution >= 4 is 0 Å². The Morgan fingerprint density at radius 3 is 2.56 bits per heavy atom. The average Bonchev–Trinajstić information content (AvgIpc) is 2.66. The molecule has 1 aromatic carbocycles. The van der Waals surface area contributed by atoms with Crippen LogP contribution < -0.4 is 0 Å². The maximum atomic E-state index is 12.7. The average molecular weight is 219 g/mol. The van der Waals surface area contributed by atoms with E-state index in [1.54, 1.807) is 19.1 Å². The predicted octanol–water partition coefficient (Wildman–Crippen LogP) is 2.54. The minimum Gasteiger partial charge on any atom is -0.393 e. The predicted molar refractivity (Wildman–Crippen MR) is 61.1 cm³/mol. The largest absolute Gasteiger partial charge is 0.393 e. The summed E-state index contributed by atoms with van der Waals surface area (Å²) in [4.78, 5) is 0. The maximum absolute atomic E-state index is 12.7. The Bertz CT molecular complexity index is 459. The molecule has 1 heterocycles. The Hall–Kier alpha value is -1.61. The number of aliphatic hydroxyl groups is 1. The number of benzene rings is 1. The van der Waals surface area contributed by atoms with Gasteiger partial charge in [-0.15, -0.1) is 0 Å². The lowest BCUT2D eigenvalue weighted by Crippen LogP contribution is -2.03. The number of hydrogen-bond donors (Lipinski definition) is 1. The number of halogens is 1. The number of aliphatic hydroxyl groups excluding tert-OH is 1. The van der Waals surface area contributed by atoms with Crippen molar-refractivity contribution in [2.45, 2.75) is 19.4 Å². The lowest BCUT2D eigenvalue weighted by atomic mass is 10.2. The summed E-state index contributed by atoms with van der Waals surface area (Å²) in [6.07, 6.45) is 4.14. The fraction of sp³-hybridized carbons (Fsp3) is 0.231. The first-order valence-electron chi connectivity index (χ1n) is 5.26. The highest BCUT2D eigenvalue weighted by molar-refractivity contribution is 5.34. The maximum Gasteiger partial charge on any atom is 0.123 e. The topological polar surface area (TPSA) is 25.2 Å². The molecule has 2 rings (SSSR count). The van der Waals surface area contributed by atoms with Crippen molar-refractivity contribution in [1.29, 1.82) is 0 Å². The lowest BCUT2D eigenvalue weighted by molar-refractivity contribution is 0.195. The van der Waals surface area contributed by atoms with Gasteiger partial charge in [0.2, 0.25) is 0 Å². The standard InChI is InChI=1S/C13H14FNO/c1-10(16)8-11-6-7-15(9-11)13-4-2-12(14)3-5-13/h2-7,9-10,16H,8H2,1H3. The molecule has 0 radical (unpaired) electrons. The smallest absolute Gasteiger partial charge is 0.123 e. The summed E-state index contributed by atoms with van der Waals surface area (Å²) in [6, 6.07) is 8.27. The van der Waals surface area contributed by atoms with Crippen LogP contribution in [0, 0.1) is 5.82 Å². The Morgan fingerprint density at radius 1 is 1.25 bits per heavy atom. The number of rotatable bonds is 3. The molecule has 1 N–H and O–H groups in total. The molecule has 0 bridgehead atoms. The van der Waals surface area contributed by atoms with E-state index in [4.69, 9.17) is 0 Å². The molecule has 0 aliphatic rings. The molecule has 1 unspecified atom stereocenters. The van der Waals surface area contributed by atoms with Crippen molar-refractivity contribution in [3.63, 3.8) is 0 Å². The van der Waals surface area contributed by atoms with Crippen LogP contribution in [0.25, 0.3) is 5.69 Å². The Labute approximate surface area is 94.0 Å². The molecular formula is C13H14FNO. The Kier molecular flexibility index (Phi) is 3.06. The van der Waals surface area contributed by atoms with E-state index < -0.39 is 0 Å². The third kappa shape index (κ3) is 2.49. The van der Waals surface area contributed by atoms with Crippen molar-refractivity contribution in [1.82, 2.24) is 4.57 Å². The van der Waals surface area contributed by atoms with Crippen molar-refractivity contribution in [3.05, 3.63) is 54.1 Å². The van der Waals surface area contributed by atoms with Crippen LogP contribution in [0.4, 0.5) is 4.39 Å². The van der Waals surface area contributed by atoms with E-state index >= 15 is 0 Å². The van der Waals surface area contributed by atoms with E-state index in [0.29, 0.717) is 6.42 Å². The molecule has 2 aromatic rings. The highest BCUT2D eigenvalue weighted by Crippen LogP contribution is 2.12. The lowest BCUT2D eigenvalue weighted by Gasteiger charge is -2.03. The van der Waals surface area contributed by atoms with Crippen LogP contribution in [0.1, 0.15) is 12.5 Å². The minimum absolute atomic E-state index is 0.236. The van der Waals surface area contributed by atoms with Gasteiger partial charge in [-0.1, -0.05) is 0 Å². The first-order chi connectivity index (χ1) is 7.65. The number of aromatic nitrogens is 1. The second-order valence-corrected chi connectivity index (χ2v) is 3.96. The Balaban J connectivity index is 2.21. The van der Waals surface area contributed by atoms with Crippen molar-refractivity contribution < 1.29 is 9.50 Å². The van der Waals surface area contributed by atoms with Crippen molar-refractivity contribution in [2.24, 2.45) is 0 Å². The van der Waals surface area contributed by atoms with Crippen LogP contribution in [0.3, 0.4) is 0 Å². The van der Waals surface area contributed by atoms with Gasteiger partial charge in [-0.3, -0.25) is 0 Å². The van der Waals surface area contributed by atoms with Gasteiger partial charge < -0.3 is 9.67 Å². The third-order valence-electron chi connectivity index (χ3n) is 2.41. The van der Waals surface area contributed by atoms with Crippen LogP contribution in [0.5, 0.6) is 0 Å². The molecule has 0 spiro atoms. The van der Waals surface area contributed by atoms with Gasteiger partial charge in [-0.2, -0.15) is 0 Å². The SMILES string of the molecule is CC(O)Cc1ccn(-c2ccc(F)cc2)c1. The van der Waals surface area contributed by atoms with Crippen molar-refractivity contribution in [3.8, 4) is 5.69 Å². The molecule has 1 aromatic heterocycles. The quantitative estimate of drug-likeness (QED) is 0.843. The molecule has 0 aliphatic heterocycles. The first kappa shape index (κ1) is 10.9. The fourth-order valence-electron chi connectivity index (χ4n) is 1.68. The number of hydrogen-bond acceptors (Lipinski definition) is 1. The van der Waals surface area contributed by atoms with E-state index in [0.717, 1.165) is 11.3 Å². The third-order valence-corrected chi connectivity index (χ3v) is 2.41. The Morgan fingerprint density at radius 2 is 1.94 bits per heavy atom. The summed E-state index contributed by atoms with van der Waals surface area (Å²) in [6.45, 7) is 1.76. The van der Waals surface area contributed by atoms with Gasteiger partial charge in [-0.05, 0) is 49.2 Å². The van der Waals surface area contributed by atoms with Gasteiger partial charge in [0, 0.05) is 18.1 Å². The zero-order chi connectivity index (χ0) is 11.5. The van der Waals surface area contributed by atoms with Crippen LogP contribution in [0.15, 0.2) is 42.7 Å². The monoisotopic (exact) mass is 219 g/mol. The summed E-state index contributed by atoms with van der Waals surface area (Å²) >= 11 is 0. The molecule has 3 heteroatoms. The zero-order valence-corrected chi connectivity index (χ0v) is 9.10. The molecule has 16 heavy (non-hydrogen) atoms. The summed E-state index contributed by atoms with van der Waals surface area (Å²) < 4.78 is 14.7.